The molecule has 1 aliphatic rings. The zero-order chi connectivity index (χ0) is 18.1. The van der Waals surface area contributed by atoms with Gasteiger partial charge in [0, 0.05) is 21.8 Å². The molecule has 0 amide bonds. The second-order valence-electron chi connectivity index (χ2n) is 6.44. The van der Waals surface area contributed by atoms with Crippen molar-refractivity contribution in [2.45, 2.75) is 0 Å². The first kappa shape index (κ1) is 15.5. The zero-order valence-electron chi connectivity index (χ0n) is 14.6. The standard InChI is InChI=1S/C12H9NO.C12H9N/c1-3-7-11-9(5-1)13-10-6-2-4-8-12(10)14-11;1-3-7-11-9(5-1)10-6-2-4-8-12(10)13-11/h1-8,13H;1-8,13H. The monoisotopic (exact) mass is 350 g/mol. The molecular weight excluding hydrogens is 332 g/mol. The van der Waals surface area contributed by atoms with Gasteiger partial charge in [0.05, 0.1) is 11.4 Å². The highest BCUT2D eigenvalue weighted by molar-refractivity contribution is 6.06. The Balaban J connectivity index is 0.000000119. The second-order valence-corrected chi connectivity index (χ2v) is 6.44. The van der Waals surface area contributed by atoms with E-state index in [2.05, 4.69) is 58.8 Å². The lowest BCUT2D eigenvalue weighted by atomic mass is 10.2. The number of H-pyrrole nitrogens is 1. The van der Waals surface area contributed by atoms with E-state index in [4.69, 9.17) is 4.74 Å². The van der Waals surface area contributed by atoms with Crippen molar-refractivity contribution in [2.24, 2.45) is 0 Å². The van der Waals surface area contributed by atoms with E-state index in [0.717, 1.165) is 22.9 Å². The number of hydrogen-bond acceptors (Lipinski definition) is 2. The molecule has 4 aromatic carbocycles. The number of aromatic amines is 1. The molecule has 130 valence electrons. The molecule has 0 radical (unpaired) electrons. The van der Waals surface area contributed by atoms with Crippen LogP contribution in [0.4, 0.5) is 11.4 Å². The molecule has 2 heterocycles. The first-order valence-electron chi connectivity index (χ1n) is 8.97. The van der Waals surface area contributed by atoms with Crippen molar-refractivity contribution in [1.82, 2.24) is 4.98 Å². The van der Waals surface area contributed by atoms with Gasteiger partial charge in [-0.05, 0) is 36.4 Å². The Labute approximate surface area is 157 Å². The summed E-state index contributed by atoms with van der Waals surface area (Å²) in [6.07, 6.45) is 0. The number of nitrogens with one attached hydrogen (secondary N) is 2. The lowest BCUT2D eigenvalue weighted by Gasteiger charge is -2.20. The van der Waals surface area contributed by atoms with Gasteiger partial charge in [-0.15, -0.1) is 0 Å². The van der Waals surface area contributed by atoms with Crippen LogP contribution in [0.5, 0.6) is 11.5 Å². The van der Waals surface area contributed by atoms with E-state index in [9.17, 15) is 0 Å². The average molecular weight is 350 g/mol. The maximum absolute atomic E-state index is 5.71. The maximum Gasteiger partial charge on any atom is 0.150 e. The number of benzene rings is 4. The molecule has 1 aromatic heterocycles. The lowest BCUT2D eigenvalue weighted by Crippen LogP contribution is -2.01. The van der Waals surface area contributed by atoms with Crippen molar-refractivity contribution < 1.29 is 4.74 Å². The van der Waals surface area contributed by atoms with Crippen LogP contribution < -0.4 is 10.1 Å². The molecule has 27 heavy (non-hydrogen) atoms. The highest BCUT2D eigenvalue weighted by atomic mass is 16.5. The number of fused-ring (bicyclic) bond motifs is 5. The Morgan fingerprint density at radius 2 is 0.926 bits per heavy atom. The van der Waals surface area contributed by atoms with E-state index >= 15 is 0 Å². The summed E-state index contributed by atoms with van der Waals surface area (Å²) in [4.78, 5) is 3.38. The first-order chi connectivity index (χ1) is 13.4. The first-order valence-corrected chi connectivity index (χ1v) is 8.97. The highest BCUT2D eigenvalue weighted by Crippen LogP contribution is 2.40. The second kappa shape index (κ2) is 6.54. The smallest absolute Gasteiger partial charge is 0.150 e. The minimum absolute atomic E-state index is 0.881. The quantitative estimate of drug-likeness (QED) is 0.314. The molecule has 1 aliphatic heterocycles. The lowest BCUT2D eigenvalue weighted by molar-refractivity contribution is 0.481. The third-order valence-corrected chi connectivity index (χ3v) is 4.68. The van der Waals surface area contributed by atoms with Crippen LogP contribution in [-0.4, -0.2) is 4.98 Å². The SMILES string of the molecule is c1ccc2c(c1)Nc1ccccc1O2.c1ccc2c(c1)[nH]c1ccccc12. The molecule has 0 aliphatic carbocycles. The molecule has 0 unspecified atom stereocenters. The number of anilines is 2. The van der Waals surface area contributed by atoms with Crippen molar-refractivity contribution in [3.8, 4) is 11.5 Å². The van der Waals surface area contributed by atoms with E-state index in [-0.39, 0.29) is 0 Å². The molecular formula is C24H18N2O. The van der Waals surface area contributed by atoms with Gasteiger partial charge in [0.15, 0.2) is 11.5 Å². The van der Waals surface area contributed by atoms with Gasteiger partial charge in [-0.2, -0.15) is 0 Å². The fourth-order valence-electron chi connectivity index (χ4n) is 3.38. The van der Waals surface area contributed by atoms with E-state index in [0.29, 0.717) is 0 Å². The number of ether oxygens (including phenoxy) is 1. The summed E-state index contributed by atoms with van der Waals surface area (Å²) < 4.78 is 5.71. The predicted molar refractivity (Wildman–Crippen MR) is 112 cm³/mol. The van der Waals surface area contributed by atoms with Crippen LogP contribution in [0, 0.1) is 0 Å². The fourth-order valence-corrected chi connectivity index (χ4v) is 3.38. The molecule has 3 heteroatoms. The highest BCUT2D eigenvalue weighted by Gasteiger charge is 2.13. The summed E-state index contributed by atoms with van der Waals surface area (Å²) in [5.41, 5.74) is 4.46. The summed E-state index contributed by atoms with van der Waals surface area (Å²) in [5, 5.41) is 5.92. The van der Waals surface area contributed by atoms with Gasteiger partial charge < -0.3 is 15.0 Å². The van der Waals surface area contributed by atoms with E-state index in [1.165, 1.54) is 21.8 Å². The fraction of sp³-hybridized carbons (Fsp3) is 0. The summed E-state index contributed by atoms with van der Waals surface area (Å²) in [7, 11) is 0. The predicted octanol–water partition coefficient (Wildman–Crippen LogP) is 6.86. The minimum Gasteiger partial charge on any atom is -0.453 e. The number of aromatic nitrogens is 1. The van der Waals surface area contributed by atoms with Crippen LogP contribution >= 0.6 is 0 Å². The van der Waals surface area contributed by atoms with Crippen molar-refractivity contribution in [3.05, 3.63) is 97.1 Å². The van der Waals surface area contributed by atoms with E-state index in [1.54, 1.807) is 0 Å². The molecule has 5 aromatic rings. The normalized spacial score (nSPS) is 11.6. The Morgan fingerprint density at radius 1 is 0.481 bits per heavy atom. The average Bonchev–Trinajstić information content (AvgIpc) is 3.11. The number of rotatable bonds is 0. The molecule has 0 bridgehead atoms. The molecule has 0 fully saturated rings. The molecule has 6 rings (SSSR count). The Morgan fingerprint density at radius 3 is 1.48 bits per heavy atom. The van der Waals surface area contributed by atoms with Gasteiger partial charge in [0.25, 0.3) is 0 Å². The van der Waals surface area contributed by atoms with Crippen LogP contribution in [0.25, 0.3) is 21.8 Å². The molecule has 2 N–H and O–H groups in total. The third kappa shape index (κ3) is 2.89. The van der Waals surface area contributed by atoms with Gasteiger partial charge in [-0.3, -0.25) is 0 Å². The van der Waals surface area contributed by atoms with Gasteiger partial charge in [-0.25, -0.2) is 0 Å². The summed E-state index contributed by atoms with van der Waals surface area (Å²) >= 11 is 0. The largest absolute Gasteiger partial charge is 0.453 e. The van der Waals surface area contributed by atoms with Gasteiger partial charge in [0.1, 0.15) is 0 Å². The Hall–Kier alpha value is -3.72. The Kier molecular flexibility index (Phi) is 3.76. The topological polar surface area (TPSA) is 37.0 Å². The van der Waals surface area contributed by atoms with E-state index in [1.807, 2.05) is 48.5 Å². The summed E-state index contributed by atoms with van der Waals surface area (Å²) in [6.45, 7) is 0. The summed E-state index contributed by atoms with van der Waals surface area (Å²) in [5.74, 6) is 1.76. The van der Waals surface area contributed by atoms with Crippen LogP contribution in [-0.2, 0) is 0 Å². The van der Waals surface area contributed by atoms with Crippen molar-refractivity contribution >= 4 is 33.2 Å². The van der Waals surface area contributed by atoms with Crippen molar-refractivity contribution in [2.75, 3.05) is 5.32 Å². The minimum atomic E-state index is 0.881. The Bertz CT molecular complexity index is 1100. The molecule has 0 saturated heterocycles. The number of hydrogen-bond donors (Lipinski definition) is 2. The van der Waals surface area contributed by atoms with Crippen molar-refractivity contribution in [3.63, 3.8) is 0 Å². The van der Waals surface area contributed by atoms with E-state index < -0.39 is 0 Å². The zero-order valence-corrected chi connectivity index (χ0v) is 14.6. The van der Waals surface area contributed by atoms with Gasteiger partial charge >= 0.3 is 0 Å². The van der Waals surface area contributed by atoms with Crippen LogP contribution in [0.15, 0.2) is 97.1 Å². The third-order valence-electron chi connectivity index (χ3n) is 4.68. The molecule has 3 nitrogen and oxygen atoms in total. The summed E-state index contributed by atoms with van der Waals surface area (Å²) in [6, 6.07) is 32.6. The van der Waals surface area contributed by atoms with Crippen LogP contribution in [0.1, 0.15) is 0 Å². The van der Waals surface area contributed by atoms with Gasteiger partial charge in [-0.1, -0.05) is 60.7 Å². The molecule has 0 spiro atoms. The van der Waals surface area contributed by atoms with Crippen LogP contribution in [0.2, 0.25) is 0 Å². The molecule has 0 saturated carbocycles. The van der Waals surface area contributed by atoms with Crippen LogP contribution in [0.3, 0.4) is 0 Å². The van der Waals surface area contributed by atoms with Gasteiger partial charge in [0.2, 0.25) is 0 Å². The maximum atomic E-state index is 5.71. The molecule has 0 atom stereocenters. The van der Waals surface area contributed by atoms with Crippen molar-refractivity contribution in [1.29, 1.82) is 0 Å². The number of para-hydroxylation sites is 6.